The van der Waals surface area contributed by atoms with E-state index < -0.39 is 5.79 Å². The van der Waals surface area contributed by atoms with Gasteiger partial charge >= 0.3 is 0 Å². The van der Waals surface area contributed by atoms with Gasteiger partial charge in [-0.3, -0.25) is 0 Å². The SMILES string of the molecule is CCCCCCCCCCCCCCCCOC1(OCCCCCCCCCCCCCCCC)COc2c(Br)sc(Br)c2OC1. The molecule has 0 N–H and O–H groups in total. The van der Waals surface area contributed by atoms with Crippen LogP contribution in [0.1, 0.15) is 194 Å². The summed E-state index contributed by atoms with van der Waals surface area (Å²) in [6.45, 7) is 6.63. The highest BCUT2D eigenvalue weighted by atomic mass is 79.9. The van der Waals surface area contributed by atoms with Crippen molar-refractivity contribution in [3.05, 3.63) is 7.57 Å². The van der Waals surface area contributed by atoms with Crippen molar-refractivity contribution in [2.24, 2.45) is 0 Å². The molecule has 0 saturated carbocycles. The Kier molecular flexibility index (Phi) is 26.7. The summed E-state index contributed by atoms with van der Waals surface area (Å²) >= 11 is 8.82. The molecule has 0 atom stereocenters. The number of unbranched alkanes of at least 4 members (excludes halogenated alkanes) is 26. The molecule has 2 rings (SSSR count). The maximum Gasteiger partial charge on any atom is 0.238 e. The molecule has 0 saturated heterocycles. The maximum atomic E-state index is 6.46. The quantitative estimate of drug-likeness (QED) is 0.0538. The Balaban J connectivity index is 1.57. The van der Waals surface area contributed by atoms with Crippen LogP contribution in [-0.4, -0.2) is 32.2 Å². The highest BCUT2D eigenvalue weighted by Crippen LogP contribution is 2.50. The van der Waals surface area contributed by atoms with Gasteiger partial charge in [0.1, 0.15) is 20.8 Å². The third-order valence-electron chi connectivity index (χ3n) is 9.34. The van der Waals surface area contributed by atoms with Gasteiger partial charge in [0.2, 0.25) is 5.79 Å². The third-order valence-corrected chi connectivity index (χ3v) is 11.8. The van der Waals surface area contributed by atoms with Gasteiger partial charge in [0, 0.05) is 0 Å². The van der Waals surface area contributed by atoms with E-state index in [2.05, 4.69) is 45.7 Å². The predicted octanol–water partition coefficient (Wildman–Crippen LogP) is 14.7. The highest BCUT2D eigenvalue weighted by Gasteiger charge is 2.39. The summed E-state index contributed by atoms with van der Waals surface area (Å²) in [5.41, 5.74) is 0. The first-order valence-corrected chi connectivity index (χ1v) is 22.0. The van der Waals surface area contributed by atoms with E-state index >= 15 is 0 Å². The van der Waals surface area contributed by atoms with E-state index in [1.165, 1.54) is 167 Å². The fourth-order valence-electron chi connectivity index (χ4n) is 6.32. The van der Waals surface area contributed by atoms with Gasteiger partial charge in [-0.25, -0.2) is 0 Å². The molecule has 0 spiro atoms. The van der Waals surface area contributed by atoms with Crippen LogP contribution in [-0.2, 0) is 9.47 Å². The van der Waals surface area contributed by atoms with E-state index in [0.29, 0.717) is 26.4 Å². The van der Waals surface area contributed by atoms with E-state index in [-0.39, 0.29) is 0 Å². The Bertz CT molecular complexity index is 769. The summed E-state index contributed by atoms with van der Waals surface area (Å²) < 4.78 is 27.2. The number of ether oxygens (including phenoxy) is 4. The molecule has 1 aromatic heterocycles. The van der Waals surface area contributed by atoms with Gasteiger partial charge < -0.3 is 18.9 Å². The average Bonchev–Trinajstić information content (AvgIpc) is 3.20. The first kappa shape index (κ1) is 42.3. The molecule has 1 aromatic rings. The molecule has 0 radical (unpaired) electrons. The summed E-state index contributed by atoms with van der Waals surface area (Å²) in [4.78, 5) is 0. The van der Waals surface area contributed by atoms with Gasteiger partial charge in [-0.1, -0.05) is 181 Å². The Morgan fingerprint density at radius 2 is 0.717 bits per heavy atom. The van der Waals surface area contributed by atoms with Crippen LogP contribution in [0.5, 0.6) is 11.5 Å². The van der Waals surface area contributed by atoms with Gasteiger partial charge in [-0.05, 0) is 44.7 Å². The normalized spacial score (nSPS) is 14.2. The zero-order valence-electron chi connectivity index (χ0n) is 29.9. The van der Waals surface area contributed by atoms with Crippen molar-refractivity contribution in [1.82, 2.24) is 0 Å². The van der Waals surface area contributed by atoms with E-state index in [1.54, 1.807) is 11.3 Å². The lowest BCUT2D eigenvalue weighted by Gasteiger charge is -2.31. The molecular weight excluding hydrogens is 724 g/mol. The predicted molar refractivity (Wildman–Crippen MR) is 206 cm³/mol. The van der Waals surface area contributed by atoms with Gasteiger partial charge in [0.05, 0.1) is 13.2 Å². The van der Waals surface area contributed by atoms with Crippen LogP contribution in [0, 0.1) is 0 Å². The summed E-state index contributed by atoms with van der Waals surface area (Å²) in [6.07, 6.45) is 37.9. The van der Waals surface area contributed by atoms with Crippen LogP contribution in [0.25, 0.3) is 0 Å². The summed E-state index contributed by atoms with van der Waals surface area (Å²) in [7, 11) is 0. The second-order valence-corrected chi connectivity index (χ2v) is 17.3. The van der Waals surface area contributed by atoms with Crippen LogP contribution in [0.3, 0.4) is 0 Å². The lowest BCUT2D eigenvalue weighted by Crippen LogP contribution is -2.47. The molecule has 0 unspecified atom stereocenters. The van der Waals surface area contributed by atoms with Crippen molar-refractivity contribution in [3.63, 3.8) is 0 Å². The maximum absolute atomic E-state index is 6.46. The van der Waals surface area contributed by atoms with E-state index in [0.717, 1.165) is 31.9 Å². The molecule has 2 heterocycles. The molecule has 0 fully saturated rings. The van der Waals surface area contributed by atoms with Gasteiger partial charge in [0.25, 0.3) is 0 Å². The minimum atomic E-state index is -0.858. The number of fused-ring (bicyclic) bond motifs is 1. The van der Waals surface area contributed by atoms with Crippen molar-refractivity contribution < 1.29 is 18.9 Å². The summed E-state index contributed by atoms with van der Waals surface area (Å²) in [5, 5.41) is 0. The largest absolute Gasteiger partial charge is 0.482 e. The third kappa shape index (κ3) is 20.0. The van der Waals surface area contributed by atoms with Crippen LogP contribution in [0.15, 0.2) is 7.57 Å². The molecule has 1 aliphatic heterocycles. The molecular formula is C39H70Br2O4S. The van der Waals surface area contributed by atoms with Gasteiger partial charge in [-0.15, -0.1) is 11.3 Å². The van der Waals surface area contributed by atoms with Crippen molar-refractivity contribution in [3.8, 4) is 11.5 Å². The summed E-state index contributed by atoms with van der Waals surface area (Å²) in [6, 6.07) is 0. The smallest absolute Gasteiger partial charge is 0.238 e. The second-order valence-electron chi connectivity index (χ2n) is 13.7. The molecule has 0 aliphatic carbocycles. The Morgan fingerprint density at radius 1 is 0.457 bits per heavy atom. The minimum absolute atomic E-state index is 0.346. The van der Waals surface area contributed by atoms with E-state index in [1.807, 2.05) is 0 Å². The van der Waals surface area contributed by atoms with Crippen LogP contribution >= 0.6 is 43.2 Å². The Labute approximate surface area is 305 Å². The zero-order chi connectivity index (χ0) is 33.0. The Morgan fingerprint density at radius 3 is 1.00 bits per heavy atom. The number of hydrogen-bond acceptors (Lipinski definition) is 5. The number of thiophene rings is 1. The number of rotatable bonds is 32. The van der Waals surface area contributed by atoms with Crippen LogP contribution < -0.4 is 9.47 Å². The van der Waals surface area contributed by atoms with Crippen LogP contribution in [0.4, 0.5) is 0 Å². The molecule has 0 aromatic carbocycles. The average molecular weight is 795 g/mol. The van der Waals surface area contributed by atoms with Crippen molar-refractivity contribution in [1.29, 1.82) is 0 Å². The topological polar surface area (TPSA) is 36.9 Å². The van der Waals surface area contributed by atoms with Gasteiger partial charge in [0.15, 0.2) is 11.5 Å². The lowest BCUT2D eigenvalue weighted by molar-refractivity contribution is -0.260. The molecule has 0 amide bonds. The van der Waals surface area contributed by atoms with E-state index in [9.17, 15) is 0 Å². The monoisotopic (exact) mass is 792 g/mol. The van der Waals surface area contributed by atoms with Crippen molar-refractivity contribution in [2.75, 3.05) is 26.4 Å². The van der Waals surface area contributed by atoms with E-state index in [4.69, 9.17) is 18.9 Å². The molecule has 7 heteroatoms. The summed E-state index contributed by atoms with van der Waals surface area (Å²) in [5.74, 6) is 0.640. The first-order valence-electron chi connectivity index (χ1n) is 19.6. The molecule has 4 nitrogen and oxygen atoms in total. The number of halogens is 2. The fraction of sp³-hybridized carbons (Fsp3) is 0.897. The van der Waals surface area contributed by atoms with Crippen molar-refractivity contribution >= 4 is 43.2 Å². The van der Waals surface area contributed by atoms with Crippen LogP contribution in [0.2, 0.25) is 0 Å². The van der Waals surface area contributed by atoms with Gasteiger partial charge in [-0.2, -0.15) is 0 Å². The zero-order valence-corrected chi connectivity index (χ0v) is 33.9. The minimum Gasteiger partial charge on any atom is -0.482 e. The first-order chi connectivity index (χ1) is 22.6. The number of hydrogen-bond donors (Lipinski definition) is 0. The Hall–Kier alpha value is 0.180. The van der Waals surface area contributed by atoms with Crippen molar-refractivity contribution in [2.45, 2.75) is 199 Å². The second kappa shape index (κ2) is 29.0. The molecule has 270 valence electrons. The lowest BCUT2D eigenvalue weighted by atomic mass is 10.0. The highest BCUT2D eigenvalue weighted by molar-refractivity contribution is 9.12. The molecule has 1 aliphatic rings. The molecule has 0 bridgehead atoms. The standard InChI is InChI=1S/C39H70Br2O4S/c1-3-5-7-9-11-13-15-17-19-21-23-25-27-29-31-44-39(33-42-35-36(43-34-39)38(41)46-37(35)40)45-32-30-28-26-24-22-20-18-16-14-12-10-8-6-4-2/h3-34H2,1-2H3. The fourth-order valence-corrected chi connectivity index (χ4v) is 9.18. The molecule has 46 heavy (non-hydrogen) atoms.